The predicted octanol–water partition coefficient (Wildman–Crippen LogP) is 3.35. The Morgan fingerprint density at radius 2 is 1.62 bits per heavy atom. The summed E-state index contributed by atoms with van der Waals surface area (Å²) in [7, 11) is 0. The lowest BCUT2D eigenvalue weighted by Gasteiger charge is -2.31. The topological polar surface area (TPSA) is 55.8 Å². The van der Waals surface area contributed by atoms with Gasteiger partial charge in [0.2, 0.25) is 0 Å². The van der Waals surface area contributed by atoms with Gasteiger partial charge in [-0.1, -0.05) is 30.3 Å². The summed E-state index contributed by atoms with van der Waals surface area (Å²) in [6, 6.07) is 9.81. The Kier molecular flexibility index (Phi) is 5.26. The zero-order chi connectivity index (χ0) is 18.0. The van der Waals surface area contributed by atoms with Gasteiger partial charge >= 0.3 is 0 Å². The normalized spacial score (nSPS) is 15.9. The highest BCUT2D eigenvalue weighted by atomic mass is 17.2. The van der Waals surface area contributed by atoms with Crippen molar-refractivity contribution < 1.29 is 19.4 Å². The van der Waals surface area contributed by atoms with E-state index in [0.29, 0.717) is 18.5 Å². The van der Waals surface area contributed by atoms with E-state index in [-0.39, 0.29) is 11.8 Å². The number of rotatable bonds is 7. The van der Waals surface area contributed by atoms with Crippen molar-refractivity contribution in [1.29, 1.82) is 0 Å². The van der Waals surface area contributed by atoms with Crippen LogP contribution in [-0.4, -0.2) is 28.9 Å². The van der Waals surface area contributed by atoms with Gasteiger partial charge in [-0.15, -0.1) is 0 Å². The molecule has 1 aliphatic rings. The van der Waals surface area contributed by atoms with Crippen LogP contribution in [0.3, 0.4) is 0 Å². The maximum Gasteiger partial charge on any atom is 0.256 e. The summed E-state index contributed by atoms with van der Waals surface area (Å²) in [5.74, 6) is -0.500. The van der Waals surface area contributed by atoms with Crippen LogP contribution < -0.4 is 0 Å². The quantitative estimate of drug-likeness (QED) is 0.437. The fourth-order valence-electron chi connectivity index (χ4n) is 2.38. The number of hydrogen-bond acceptors (Lipinski definition) is 4. The molecule has 1 heterocycles. The van der Waals surface area contributed by atoms with E-state index in [1.54, 1.807) is 6.92 Å². The van der Waals surface area contributed by atoms with Crippen molar-refractivity contribution >= 4 is 11.8 Å². The second-order valence-corrected chi connectivity index (χ2v) is 7.18. The standard InChI is InChI=1S/C19H25NO4/c1-14-13-16(21)20(17(14)22)12-11-18(2,3)23-24-19(4,5)15-9-7-6-8-10-15/h6-10,13H,11-12H2,1-5H3. The summed E-state index contributed by atoms with van der Waals surface area (Å²) in [6.45, 7) is 9.55. The Morgan fingerprint density at radius 1 is 1.00 bits per heavy atom. The largest absolute Gasteiger partial charge is 0.275 e. The molecule has 24 heavy (non-hydrogen) atoms. The van der Waals surface area contributed by atoms with Gasteiger partial charge in [0, 0.05) is 18.2 Å². The monoisotopic (exact) mass is 331 g/mol. The van der Waals surface area contributed by atoms with Gasteiger partial charge in [-0.05, 0) is 46.6 Å². The molecule has 130 valence electrons. The smallest absolute Gasteiger partial charge is 0.256 e. The van der Waals surface area contributed by atoms with E-state index in [2.05, 4.69) is 0 Å². The van der Waals surface area contributed by atoms with Gasteiger partial charge in [0.05, 0.1) is 5.60 Å². The molecule has 0 aromatic heterocycles. The molecule has 2 rings (SSSR count). The highest BCUT2D eigenvalue weighted by molar-refractivity contribution is 6.15. The average molecular weight is 331 g/mol. The van der Waals surface area contributed by atoms with Crippen LogP contribution in [0.15, 0.2) is 42.0 Å². The molecule has 0 radical (unpaired) electrons. The molecule has 1 aromatic rings. The highest BCUT2D eigenvalue weighted by Crippen LogP contribution is 2.28. The van der Waals surface area contributed by atoms with Gasteiger partial charge in [0.1, 0.15) is 5.60 Å². The first-order chi connectivity index (χ1) is 11.1. The Labute approximate surface area is 143 Å². The lowest BCUT2D eigenvalue weighted by Crippen LogP contribution is -2.38. The summed E-state index contributed by atoms with van der Waals surface area (Å²) in [4.78, 5) is 36.2. The summed E-state index contributed by atoms with van der Waals surface area (Å²) in [6.07, 6.45) is 1.85. The maximum atomic E-state index is 11.9. The van der Waals surface area contributed by atoms with E-state index < -0.39 is 11.2 Å². The average Bonchev–Trinajstić information content (AvgIpc) is 2.77. The van der Waals surface area contributed by atoms with Gasteiger partial charge in [0.15, 0.2) is 0 Å². The molecule has 0 unspecified atom stereocenters. The third kappa shape index (κ3) is 4.30. The molecule has 0 saturated carbocycles. The molecular formula is C19H25NO4. The number of imide groups is 1. The summed E-state index contributed by atoms with van der Waals surface area (Å²) < 4.78 is 0. The molecule has 5 heteroatoms. The molecule has 0 atom stereocenters. The zero-order valence-electron chi connectivity index (χ0n) is 15.0. The molecule has 0 spiro atoms. The molecule has 0 fully saturated rings. The molecule has 2 amide bonds. The Bertz CT molecular complexity index is 647. The zero-order valence-corrected chi connectivity index (χ0v) is 15.0. The lowest BCUT2D eigenvalue weighted by atomic mass is 9.99. The molecule has 5 nitrogen and oxygen atoms in total. The molecule has 1 aromatic carbocycles. The van der Waals surface area contributed by atoms with Crippen molar-refractivity contribution in [3.05, 3.63) is 47.5 Å². The van der Waals surface area contributed by atoms with Gasteiger partial charge in [-0.25, -0.2) is 9.78 Å². The van der Waals surface area contributed by atoms with E-state index in [0.717, 1.165) is 5.56 Å². The van der Waals surface area contributed by atoms with Crippen molar-refractivity contribution in [2.45, 2.75) is 52.2 Å². The molecular weight excluding hydrogens is 306 g/mol. The minimum atomic E-state index is -0.636. The van der Waals surface area contributed by atoms with Crippen molar-refractivity contribution in [3.8, 4) is 0 Å². The van der Waals surface area contributed by atoms with Crippen LogP contribution in [-0.2, 0) is 25.0 Å². The minimum absolute atomic E-state index is 0.235. The van der Waals surface area contributed by atoms with Crippen LogP contribution >= 0.6 is 0 Å². The number of amides is 2. The Morgan fingerprint density at radius 3 is 2.17 bits per heavy atom. The maximum absolute atomic E-state index is 11.9. The lowest BCUT2D eigenvalue weighted by molar-refractivity contribution is -0.406. The van der Waals surface area contributed by atoms with Gasteiger partial charge < -0.3 is 0 Å². The molecule has 0 aliphatic carbocycles. The number of carbonyl (C=O) groups excluding carboxylic acids is 2. The van der Waals surface area contributed by atoms with Crippen LogP contribution in [0.5, 0.6) is 0 Å². The fraction of sp³-hybridized carbons (Fsp3) is 0.474. The molecule has 0 saturated heterocycles. The fourth-order valence-corrected chi connectivity index (χ4v) is 2.38. The summed E-state index contributed by atoms with van der Waals surface area (Å²) >= 11 is 0. The summed E-state index contributed by atoms with van der Waals surface area (Å²) in [5, 5.41) is 0. The van der Waals surface area contributed by atoms with E-state index in [9.17, 15) is 9.59 Å². The van der Waals surface area contributed by atoms with Gasteiger partial charge in [-0.3, -0.25) is 14.5 Å². The number of hydrogen-bond donors (Lipinski definition) is 0. The van der Waals surface area contributed by atoms with Gasteiger partial charge in [-0.2, -0.15) is 0 Å². The van der Waals surface area contributed by atoms with E-state index in [4.69, 9.17) is 9.78 Å². The predicted molar refractivity (Wildman–Crippen MR) is 90.8 cm³/mol. The first-order valence-corrected chi connectivity index (χ1v) is 8.09. The summed E-state index contributed by atoms with van der Waals surface area (Å²) in [5.41, 5.74) is 0.240. The first kappa shape index (κ1) is 18.4. The van der Waals surface area contributed by atoms with Crippen LogP contribution in [0.1, 0.15) is 46.6 Å². The van der Waals surface area contributed by atoms with E-state index in [1.807, 2.05) is 58.0 Å². The van der Waals surface area contributed by atoms with Crippen LogP contribution in [0.2, 0.25) is 0 Å². The second-order valence-electron chi connectivity index (χ2n) is 7.18. The van der Waals surface area contributed by atoms with Crippen molar-refractivity contribution in [3.63, 3.8) is 0 Å². The second kappa shape index (κ2) is 6.87. The highest BCUT2D eigenvalue weighted by Gasteiger charge is 2.32. The van der Waals surface area contributed by atoms with E-state index >= 15 is 0 Å². The van der Waals surface area contributed by atoms with Crippen molar-refractivity contribution in [2.75, 3.05) is 6.54 Å². The SMILES string of the molecule is CC1=CC(=O)N(CCC(C)(C)OOC(C)(C)c2ccccc2)C1=O. The third-order valence-electron chi connectivity index (χ3n) is 4.07. The van der Waals surface area contributed by atoms with Gasteiger partial charge in [0.25, 0.3) is 11.8 Å². The molecule has 1 aliphatic heterocycles. The Hall–Kier alpha value is -1.98. The molecule has 0 bridgehead atoms. The van der Waals surface area contributed by atoms with Crippen molar-refractivity contribution in [1.82, 2.24) is 4.90 Å². The van der Waals surface area contributed by atoms with Crippen LogP contribution in [0.4, 0.5) is 0 Å². The molecule has 0 N–H and O–H groups in total. The minimum Gasteiger partial charge on any atom is -0.275 e. The first-order valence-electron chi connectivity index (χ1n) is 8.09. The van der Waals surface area contributed by atoms with Crippen LogP contribution in [0, 0.1) is 0 Å². The number of carbonyl (C=O) groups is 2. The van der Waals surface area contributed by atoms with Crippen molar-refractivity contribution in [2.24, 2.45) is 0 Å². The number of benzene rings is 1. The number of nitrogens with zero attached hydrogens (tertiary/aromatic N) is 1. The Balaban J connectivity index is 1.90. The van der Waals surface area contributed by atoms with Crippen LogP contribution in [0.25, 0.3) is 0 Å². The third-order valence-corrected chi connectivity index (χ3v) is 4.07. The van der Waals surface area contributed by atoms with E-state index in [1.165, 1.54) is 11.0 Å².